The number of anilines is 1. The number of hydrogen-bond donors (Lipinski definition) is 0. The van der Waals surface area contributed by atoms with Gasteiger partial charge in [0.2, 0.25) is 0 Å². The molecule has 1 aliphatic heterocycles. The molecule has 29 heavy (non-hydrogen) atoms. The molecule has 1 aliphatic carbocycles. The van der Waals surface area contributed by atoms with E-state index in [0.29, 0.717) is 16.4 Å². The van der Waals surface area contributed by atoms with Crippen LogP contribution < -0.4 is 10.5 Å². The lowest BCUT2D eigenvalue weighted by Gasteiger charge is -2.27. The predicted octanol–water partition coefficient (Wildman–Crippen LogP) is 4.28. The zero-order valence-electron chi connectivity index (χ0n) is 15.9. The number of carbonyl (C=O) groups excluding carboxylic acids is 1. The van der Waals surface area contributed by atoms with E-state index < -0.39 is 0 Å². The predicted molar refractivity (Wildman–Crippen MR) is 112 cm³/mol. The molecule has 0 N–H and O–H groups in total. The van der Waals surface area contributed by atoms with Crippen molar-refractivity contribution in [1.29, 1.82) is 0 Å². The second-order valence-corrected chi connectivity index (χ2v) is 8.46. The van der Waals surface area contributed by atoms with Crippen LogP contribution in [0.1, 0.15) is 52.2 Å². The number of pyridine rings is 1. The van der Waals surface area contributed by atoms with Crippen molar-refractivity contribution in [1.82, 2.24) is 14.3 Å². The number of benzene rings is 1. The Kier molecular flexibility index (Phi) is 4.12. The highest BCUT2D eigenvalue weighted by Gasteiger charge is 2.46. The topological polar surface area (TPSA) is 60.1 Å². The summed E-state index contributed by atoms with van der Waals surface area (Å²) in [7, 11) is 1.62. The smallest absolute Gasteiger partial charge is 0.277 e. The number of fused-ring (bicyclic) bond motifs is 1. The second kappa shape index (κ2) is 6.47. The number of carbonyl (C=O) groups is 1. The molecule has 1 saturated carbocycles. The fourth-order valence-electron chi connectivity index (χ4n) is 4.06. The molecule has 1 aromatic carbocycles. The van der Waals surface area contributed by atoms with Crippen molar-refractivity contribution in [2.75, 3.05) is 4.90 Å². The van der Waals surface area contributed by atoms with Gasteiger partial charge in [-0.05, 0) is 43.5 Å². The minimum absolute atomic E-state index is 0.0733. The van der Waals surface area contributed by atoms with Gasteiger partial charge < -0.3 is 4.57 Å². The quantitative estimate of drug-likeness (QED) is 0.625. The number of aryl methyl sites for hydroxylation is 2. The van der Waals surface area contributed by atoms with Crippen LogP contribution in [0.3, 0.4) is 0 Å². The molecular formula is C21H18Cl2N4O2. The van der Waals surface area contributed by atoms with Gasteiger partial charge in [0.1, 0.15) is 10.7 Å². The average molecular weight is 429 g/mol. The first-order valence-corrected chi connectivity index (χ1v) is 10.2. The van der Waals surface area contributed by atoms with Crippen molar-refractivity contribution in [3.8, 4) is 0 Å². The Balaban J connectivity index is 1.75. The summed E-state index contributed by atoms with van der Waals surface area (Å²) in [5, 5.41) is 5.38. The van der Waals surface area contributed by atoms with Crippen molar-refractivity contribution in [3.05, 3.63) is 79.4 Å². The third kappa shape index (κ3) is 2.81. The highest BCUT2D eigenvalue weighted by Crippen LogP contribution is 2.46. The molecule has 5 rings (SSSR count). The maximum atomic E-state index is 13.6. The molecular weight excluding hydrogens is 411 g/mol. The molecule has 3 heterocycles. The van der Waals surface area contributed by atoms with Gasteiger partial charge in [0.25, 0.3) is 11.5 Å². The van der Waals surface area contributed by atoms with Crippen molar-refractivity contribution in [2.24, 2.45) is 7.05 Å². The van der Waals surface area contributed by atoms with E-state index in [0.717, 1.165) is 29.7 Å². The van der Waals surface area contributed by atoms with Gasteiger partial charge in [0, 0.05) is 23.8 Å². The van der Waals surface area contributed by atoms with Gasteiger partial charge in [-0.15, -0.1) is 0 Å². The Hall–Kier alpha value is -2.57. The summed E-state index contributed by atoms with van der Waals surface area (Å²) in [6.45, 7) is 1.94. The SMILES string of the molecule is Cc1nn(C2CC2)c2c1[C@H](c1ccc(Cl)cc1)N(c1cc(Cl)c(=O)n(C)c1)C2=O. The monoisotopic (exact) mass is 428 g/mol. The van der Waals surface area contributed by atoms with Crippen molar-refractivity contribution < 1.29 is 4.79 Å². The van der Waals surface area contributed by atoms with E-state index in [-0.39, 0.29) is 28.6 Å². The zero-order chi connectivity index (χ0) is 20.4. The number of halogens is 2. The third-order valence-corrected chi connectivity index (χ3v) is 6.09. The van der Waals surface area contributed by atoms with Crippen LogP contribution in [0, 0.1) is 6.92 Å². The zero-order valence-corrected chi connectivity index (χ0v) is 17.4. The first kappa shape index (κ1) is 18.5. The van der Waals surface area contributed by atoms with Crippen LogP contribution in [-0.4, -0.2) is 20.3 Å². The van der Waals surface area contributed by atoms with Crippen molar-refractivity contribution in [3.63, 3.8) is 0 Å². The number of rotatable bonds is 3. The third-order valence-electron chi connectivity index (χ3n) is 5.57. The summed E-state index contributed by atoms with van der Waals surface area (Å²) in [6.07, 6.45) is 3.70. The number of nitrogens with zero attached hydrogens (tertiary/aromatic N) is 4. The lowest BCUT2D eigenvalue weighted by molar-refractivity contribution is 0.0983. The van der Waals surface area contributed by atoms with Crippen LogP contribution in [0.2, 0.25) is 10.0 Å². The lowest BCUT2D eigenvalue weighted by Crippen LogP contribution is -2.31. The maximum absolute atomic E-state index is 13.6. The fourth-order valence-corrected chi connectivity index (χ4v) is 4.43. The van der Waals surface area contributed by atoms with Gasteiger partial charge in [0.05, 0.1) is 23.5 Å². The largest absolute Gasteiger partial charge is 0.315 e. The Bertz CT molecular complexity index is 1180. The minimum atomic E-state index is -0.365. The summed E-state index contributed by atoms with van der Waals surface area (Å²) in [6, 6.07) is 8.92. The van der Waals surface area contributed by atoms with E-state index in [9.17, 15) is 9.59 Å². The van der Waals surface area contributed by atoms with Crippen LogP contribution in [0.15, 0.2) is 41.3 Å². The van der Waals surface area contributed by atoms with Gasteiger partial charge >= 0.3 is 0 Å². The summed E-state index contributed by atoms with van der Waals surface area (Å²) >= 11 is 12.3. The molecule has 2 aliphatic rings. The van der Waals surface area contributed by atoms with E-state index in [4.69, 9.17) is 23.2 Å². The fraction of sp³-hybridized carbons (Fsp3) is 0.286. The molecule has 148 valence electrons. The molecule has 0 radical (unpaired) electrons. The van der Waals surface area contributed by atoms with Gasteiger partial charge in [0.15, 0.2) is 0 Å². The summed E-state index contributed by atoms with van der Waals surface area (Å²) < 4.78 is 3.27. The van der Waals surface area contributed by atoms with E-state index in [1.165, 1.54) is 4.57 Å². The molecule has 0 spiro atoms. The van der Waals surface area contributed by atoms with Gasteiger partial charge in [-0.25, -0.2) is 0 Å². The Morgan fingerprint density at radius 2 is 1.79 bits per heavy atom. The van der Waals surface area contributed by atoms with Crippen molar-refractivity contribution >= 4 is 34.8 Å². The Labute approximate surface area is 177 Å². The van der Waals surface area contributed by atoms with Crippen molar-refractivity contribution in [2.45, 2.75) is 31.8 Å². The van der Waals surface area contributed by atoms with Crippen LogP contribution in [0.5, 0.6) is 0 Å². The number of hydrogen-bond acceptors (Lipinski definition) is 3. The van der Waals surface area contributed by atoms with E-state index in [1.807, 2.05) is 35.9 Å². The standard InChI is InChI=1S/C21H18Cl2N4O2/c1-11-17-18(12-3-5-13(22)6-4-12)26(15-9-16(23)20(28)25(2)10-15)21(29)19(17)27(24-11)14-7-8-14/h3-6,9-10,14,18H,7-8H2,1-2H3/t18-/m0/s1. The normalized spacial score (nSPS) is 18.4. The van der Waals surface area contributed by atoms with Crippen LogP contribution >= 0.6 is 23.2 Å². The van der Waals surface area contributed by atoms with Crippen LogP contribution in [0.25, 0.3) is 0 Å². The first-order valence-electron chi connectivity index (χ1n) is 9.41. The highest BCUT2D eigenvalue weighted by atomic mass is 35.5. The van der Waals surface area contributed by atoms with Crippen LogP contribution in [-0.2, 0) is 7.05 Å². The average Bonchev–Trinajstić information content (AvgIpc) is 3.41. The summed E-state index contributed by atoms with van der Waals surface area (Å²) in [4.78, 5) is 27.4. The molecule has 6 nitrogen and oxygen atoms in total. The minimum Gasteiger partial charge on any atom is -0.315 e. The molecule has 1 atom stereocenters. The Morgan fingerprint density at radius 3 is 2.41 bits per heavy atom. The summed E-state index contributed by atoms with van der Waals surface area (Å²) in [5.74, 6) is -0.137. The van der Waals surface area contributed by atoms with E-state index >= 15 is 0 Å². The van der Waals surface area contributed by atoms with Gasteiger partial charge in [-0.2, -0.15) is 5.10 Å². The maximum Gasteiger partial charge on any atom is 0.277 e. The molecule has 1 fully saturated rings. The molecule has 8 heteroatoms. The van der Waals surface area contributed by atoms with E-state index in [1.54, 1.807) is 24.2 Å². The highest BCUT2D eigenvalue weighted by molar-refractivity contribution is 6.31. The van der Waals surface area contributed by atoms with E-state index in [2.05, 4.69) is 5.10 Å². The number of amides is 1. The second-order valence-electron chi connectivity index (χ2n) is 7.61. The molecule has 0 saturated heterocycles. The molecule has 0 bridgehead atoms. The number of aromatic nitrogens is 3. The summed E-state index contributed by atoms with van der Waals surface area (Å²) in [5.41, 5.74) is 3.54. The molecule has 1 amide bonds. The Morgan fingerprint density at radius 1 is 1.10 bits per heavy atom. The van der Waals surface area contributed by atoms with Gasteiger partial charge in [-0.3, -0.25) is 19.2 Å². The van der Waals surface area contributed by atoms with Gasteiger partial charge in [-0.1, -0.05) is 35.3 Å². The lowest BCUT2D eigenvalue weighted by atomic mass is 9.99. The van der Waals surface area contributed by atoms with Crippen LogP contribution in [0.4, 0.5) is 5.69 Å². The molecule has 0 unspecified atom stereocenters. The first-order chi connectivity index (χ1) is 13.9. The molecule has 2 aromatic heterocycles. The molecule has 3 aromatic rings.